The predicted octanol–water partition coefficient (Wildman–Crippen LogP) is 3.39. The first-order chi connectivity index (χ1) is 13.7. The topological polar surface area (TPSA) is 77.6 Å². The maximum atomic E-state index is 12.4. The molecule has 0 saturated heterocycles. The molecule has 1 amide bonds. The molecule has 0 aliphatic heterocycles. The number of nitrogens with zero attached hydrogens (tertiary/aromatic N) is 5. The van der Waals surface area contributed by atoms with Crippen molar-refractivity contribution in [1.82, 2.24) is 24.8 Å². The van der Waals surface area contributed by atoms with E-state index in [2.05, 4.69) is 32.9 Å². The van der Waals surface area contributed by atoms with Crippen molar-refractivity contribution in [3.63, 3.8) is 0 Å². The molecule has 4 rings (SSSR count). The lowest BCUT2D eigenvalue weighted by Gasteiger charge is -2.10. The lowest BCUT2D eigenvalue weighted by Crippen LogP contribution is -2.22. The average molecular weight is 392 g/mol. The zero-order chi connectivity index (χ0) is 19.3. The van der Waals surface area contributed by atoms with Crippen LogP contribution in [0.4, 0.5) is 5.69 Å². The van der Waals surface area contributed by atoms with Crippen molar-refractivity contribution in [3.05, 3.63) is 72.6 Å². The Labute approximate surface area is 166 Å². The lowest BCUT2D eigenvalue weighted by atomic mass is 10.2. The van der Waals surface area contributed by atoms with Crippen LogP contribution >= 0.6 is 11.8 Å². The molecule has 0 saturated carbocycles. The van der Waals surface area contributed by atoms with Gasteiger partial charge in [0.25, 0.3) is 0 Å². The second-order valence-electron chi connectivity index (χ2n) is 6.42. The molecule has 1 N–H and O–H groups in total. The molecule has 0 bridgehead atoms. The standard InChI is InChI=1S/C20H20N6OS/c1-15(28-13-16-7-3-2-4-8-16)20(27)22-17-11-21-25(12-17)14-26-19-10-6-5-9-18(19)23-24-26/h2-12,15H,13-14H2,1H3,(H,22,27)/t15-/m0/s1. The highest BCUT2D eigenvalue weighted by molar-refractivity contribution is 7.99. The van der Waals surface area contributed by atoms with Crippen LogP contribution in [-0.2, 0) is 17.2 Å². The zero-order valence-electron chi connectivity index (χ0n) is 15.4. The number of nitrogens with one attached hydrogen (secondary N) is 1. The van der Waals surface area contributed by atoms with Crippen molar-refractivity contribution in [2.75, 3.05) is 5.32 Å². The normalized spacial score (nSPS) is 12.2. The van der Waals surface area contributed by atoms with Gasteiger partial charge in [0.2, 0.25) is 5.91 Å². The highest BCUT2D eigenvalue weighted by Crippen LogP contribution is 2.19. The molecule has 0 aliphatic carbocycles. The molecule has 8 heteroatoms. The second kappa shape index (κ2) is 8.26. The van der Waals surface area contributed by atoms with Gasteiger partial charge in [-0.05, 0) is 24.6 Å². The number of hydrogen-bond acceptors (Lipinski definition) is 5. The predicted molar refractivity (Wildman–Crippen MR) is 111 cm³/mol. The Bertz CT molecular complexity index is 1070. The van der Waals surface area contributed by atoms with Crippen LogP contribution in [0.25, 0.3) is 11.0 Å². The summed E-state index contributed by atoms with van der Waals surface area (Å²) < 4.78 is 3.49. The van der Waals surface area contributed by atoms with Crippen LogP contribution < -0.4 is 5.32 Å². The number of thioether (sulfide) groups is 1. The van der Waals surface area contributed by atoms with E-state index in [0.717, 1.165) is 16.8 Å². The van der Waals surface area contributed by atoms with Gasteiger partial charge < -0.3 is 5.32 Å². The molecular formula is C20H20N6OS. The molecule has 0 radical (unpaired) electrons. The fourth-order valence-corrected chi connectivity index (χ4v) is 3.62. The molecular weight excluding hydrogens is 372 g/mol. The Balaban J connectivity index is 1.34. The van der Waals surface area contributed by atoms with Gasteiger partial charge in [0.1, 0.15) is 12.2 Å². The minimum atomic E-state index is -0.164. The van der Waals surface area contributed by atoms with Gasteiger partial charge in [0, 0.05) is 5.75 Å². The number of anilines is 1. The third-order valence-electron chi connectivity index (χ3n) is 4.31. The molecule has 2 aromatic carbocycles. The van der Waals surface area contributed by atoms with Crippen LogP contribution in [0.3, 0.4) is 0 Å². The van der Waals surface area contributed by atoms with Gasteiger partial charge >= 0.3 is 0 Å². The third-order valence-corrected chi connectivity index (χ3v) is 5.53. The summed E-state index contributed by atoms with van der Waals surface area (Å²) in [6.45, 7) is 2.34. The van der Waals surface area contributed by atoms with E-state index in [4.69, 9.17) is 0 Å². The summed E-state index contributed by atoms with van der Waals surface area (Å²) in [7, 11) is 0. The van der Waals surface area contributed by atoms with Crippen LogP contribution in [0.5, 0.6) is 0 Å². The molecule has 1 atom stereocenters. The summed E-state index contributed by atoms with van der Waals surface area (Å²) in [6, 6.07) is 17.9. The summed E-state index contributed by atoms with van der Waals surface area (Å²) in [4.78, 5) is 12.4. The largest absolute Gasteiger partial charge is 0.322 e. The number of aromatic nitrogens is 5. The monoisotopic (exact) mass is 392 g/mol. The average Bonchev–Trinajstić information content (AvgIpc) is 3.34. The van der Waals surface area contributed by atoms with Crippen molar-refractivity contribution in [3.8, 4) is 0 Å². The molecule has 28 heavy (non-hydrogen) atoms. The summed E-state index contributed by atoms with van der Waals surface area (Å²) in [5.74, 6) is 0.764. The smallest absolute Gasteiger partial charge is 0.237 e. The number of carbonyl (C=O) groups excluding carboxylic acids is 1. The Morgan fingerprint density at radius 1 is 1.14 bits per heavy atom. The Hall–Kier alpha value is -3.13. The third kappa shape index (κ3) is 4.23. The fraction of sp³-hybridized carbons (Fsp3) is 0.200. The lowest BCUT2D eigenvalue weighted by molar-refractivity contribution is -0.115. The molecule has 4 aromatic rings. The van der Waals surface area contributed by atoms with Gasteiger partial charge in [-0.1, -0.05) is 47.7 Å². The Morgan fingerprint density at radius 2 is 1.93 bits per heavy atom. The summed E-state index contributed by atoms with van der Waals surface area (Å²) >= 11 is 1.61. The molecule has 0 spiro atoms. The molecule has 7 nitrogen and oxygen atoms in total. The summed E-state index contributed by atoms with van der Waals surface area (Å²) in [5.41, 5.74) is 3.66. The van der Waals surface area contributed by atoms with E-state index in [1.165, 1.54) is 5.56 Å². The van der Waals surface area contributed by atoms with Crippen molar-refractivity contribution in [2.45, 2.75) is 24.6 Å². The number of carbonyl (C=O) groups is 1. The van der Waals surface area contributed by atoms with Crippen molar-refractivity contribution < 1.29 is 4.79 Å². The highest BCUT2D eigenvalue weighted by atomic mass is 32.2. The van der Waals surface area contributed by atoms with E-state index < -0.39 is 0 Å². The van der Waals surface area contributed by atoms with E-state index in [-0.39, 0.29) is 11.2 Å². The van der Waals surface area contributed by atoms with Gasteiger partial charge in [-0.25, -0.2) is 9.36 Å². The number of benzene rings is 2. The van der Waals surface area contributed by atoms with E-state index in [9.17, 15) is 4.79 Å². The van der Waals surface area contributed by atoms with Gasteiger partial charge in [0.05, 0.1) is 28.8 Å². The summed E-state index contributed by atoms with van der Waals surface area (Å²) in [6.07, 6.45) is 3.44. The highest BCUT2D eigenvalue weighted by Gasteiger charge is 2.14. The summed E-state index contributed by atoms with van der Waals surface area (Å²) in [5, 5.41) is 15.4. The van der Waals surface area contributed by atoms with Crippen LogP contribution in [0.15, 0.2) is 67.0 Å². The number of fused-ring (bicyclic) bond motifs is 1. The van der Waals surface area contributed by atoms with Crippen LogP contribution in [0.2, 0.25) is 0 Å². The quantitative estimate of drug-likeness (QED) is 0.522. The van der Waals surface area contributed by atoms with Gasteiger partial charge in [-0.15, -0.1) is 16.9 Å². The SMILES string of the molecule is C[C@H](SCc1ccccc1)C(=O)Nc1cnn(Cn2nnc3ccccc32)c1. The Kier molecular flexibility index (Phi) is 5.38. The van der Waals surface area contributed by atoms with Crippen molar-refractivity contribution in [1.29, 1.82) is 0 Å². The number of hydrogen-bond donors (Lipinski definition) is 1. The second-order valence-corrected chi connectivity index (χ2v) is 7.74. The molecule has 0 aliphatic rings. The molecule has 0 fully saturated rings. The van der Waals surface area contributed by atoms with Crippen molar-refractivity contribution >= 4 is 34.4 Å². The first-order valence-electron chi connectivity index (χ1n) is 8.96. The van der Waals surface area contributed by atoms with E-state index in [1.807, 2.05) is 49.4 Å². The van der Waals surface area contributed by atoms with Crippen molar-refractivity contribution in [2.24, 2.45) is 0 Å². The van der Waals surface area contributed by atoms with E-state index in [0.29, 0.717) is 12.4 Å². The van der Waals surface area contributed by atoms with Gasteiger partial charge in [0.15, 0.2) is 0 Å². The molecule has 142 valence electrons. The molecule has 2 aromatic heterocycles. The van der Waals surface area contributed by atoms with Crippen LogP contribution in [0.1, 0.15) is 12.5 Å². The molecule has 2 heterocycles. The minimum Gasteiger partial charge on any atom is -0.322 e. The Morgan fingerprint density at radius 3 is 2.79 bits per heavy atom. The van der Waals surface area contributed by atoms with E-state index >= 15 is 0 Å². The minimum absolute atomic E-state index is 0.0355. The zero-order valence-corrected chi connectivity index (χ0v) is 16.2. The first kappa shape index (κ1) is 18.2. The number of para-hydroxylation sites is 1. The maximum Gasteiger partial charge on any atom is 0.237 e. The van der Waals surface area contributed by atoms with Gasteiger partial charge in [-0.3, -0.25) is 4.79 Å². The fourth-order valence-electron chi connectivity index (χ4n) is 2.78. The van der Waals surface area contributed by atoms with E-state index in [1.54, 1.807) is 33.5 Å². The first-order valence-corrected chi connectivity index (χ1v) is 10.0. The molecule has 0 unspecified atom stereocenters. The maximum absolute atomic E-state index is 12.4. The number of rotatable bonds is 7. The van der Waals surface area contributed by atoms with Crippen LogP contribution in [-0.4, -0.2) is 35.9 Å². The number of amides is 1. The van der Waals surface area contributed by atoms with Crippen LogP contribution in [0, 0.1) is 0 Å². The van der Waals surface area contributed by atoms with Gasteiger partial charge in [-0.2, -0.15) is 5.10 Å².